The minimum atomic E-state index is 0.0577. The molecule has 0 aliphatic carbocycles. The first-order valence-electron chi connectivity index (χ1n) is 8.88. The van der Waals surface area contributed by atoms with Gasteiger partial charge in [0.25, 0.3) is 0 Å². The molecule has 2 heterocycles. The first-order valence-corrected chi connectivity index (χ1v) is 9.26. The summed E-state index contributed by atoms with van der Waals surface area (Å²) in [7, 11) is 0. The number of benzene rings is 2. The number of hydrogen-bond donors (Lipinski definition) is 0. The first kappa shape index (κ1) is 17.0. The number of halogens is 1. The average Bonchev–Trinajstić information content (AvgIpc) is 2.68. The Hall–Kier alpha value is -2.46. The van der Waals surface area contributed by atoms with E-state index < -0.39 is 0 Å². The van der Waals surface area contributed by atoms with E-state index in [1.807, 2.05) is 18.2 Å². The summed E-state index contributed by atoms with van der Waals surface area (Å²) in [5.41, 5.74) is 2.90. The zero-order valence-corrected chi connectivity index (χ0v) is 15.4. The molecule has 132 valence electrons. The zero-order chi connectivity index (χ0) is 18.1. The lowest BCUT2D eigenvalue weighted by Gasteiger charge is -2.32. The third-order valence-electron chi connectivity index (χ3n) is 5.06. The Kier molecular flexibility index (Phi) is 4.60. The third-order valence-corrected chi connectivity index (χ3v) is 5.32. The summed E-state index contributed by atoms with van der Waals surface area (Å²) in [5, 5.41) is 1.73. The van der Waals surface area contributed by atoms with Gasteiger partial charge in [-0.25, -0.2) is 9.97 Å². The topological polar surface area (TPSA) is 46.1 Å². The van der Waals surface area contributed by atoms with Gasteiger partial charge in [0, 0.05) is 35.0 Å². The van der Waals surface area contributed by atoms with Gasteiger partial charge in [-0.3, -0.25) is 4.79 Å². The standard InChI is InChI=1S/C21H20ClN3O/c1-14-2-7-19-18(12-14)21(24-13-23-19)25-10-8-16(9-11-25)20(26)15-3-5-17(22)6-4-15/h2-7,12-13,16H,8-11H2,1H3. The number of aromatic nitrogens is 2. The summed E-state index contributed by atoms with van der Waals surface area (Å²) in [5.74, 6) is 1.24. The van der Waals surface area contributed by atoms with Gasteiger partial charge < -0.3 is 4.90 Å². The number of carbonyl (C=O) groups is 1. The van der Waals surface area contributed by atoms with Crippen LogP contribution in [0.2, 0.25) is 5.02 Å². The van der Waals surface area contributed by atoms with E-state index in [-0.39, 0.29) is 11.7 Å². The van der Waals surface area contributed by atoms with Crippen LogP contribution in [0, 0.1) is 12.8 Å². The van der Waals surface area contributed by atoms with Gasteiger partial charge in [-0.15, -0.1) is 0 Å². The highest BCUT2D eigenvalue weighted by molar-refractivity contribution is 6.30. The van der Waals surface area contributed by atoms with Crippen LogP contribution in [0.4, 0.5) is 5.82 Å². The number of ketones is 1. The van der Waals surface area contributed by atoms with Crippen molar-refractivity contribution in [3.63, 3.8) is 0 Å². The van der Waals surface area contributed by atoms with E-state index in [9.17, 15) is 4.79 Å². The molecule has 1 fully saturated rings. The number of aryl methyl sites for hydroxylation is 1. The van der Waals surface area contributed by atoms with E-state index in [1.165, 1.54) is 5.56 Å². The number of anilines is 1. The molecule has 0 unspecified atom stereocenters. The molecule has 1 saturated heterocycles. The fourth-order valence-electron chi connectivity index (χ4n) is 3.61. The molecular weight excluding hydrogens is 346 g/mol. The molecule has 1 aromatic heterocycles. The van der Waals surface area contributed by atoms with Crippen LogP contribution in [0.25, 0.3) is 10.9 Å². The normalized spacial score (nSPS) is 15.4. The Balaban J connectivity index is 1.51. The van der Waals surface area contributed by atoms with Gasteiger partial charge in [0.1, 0.15) is 12.1 Å². The van der Waals surface area contributed by atoms with Crippen molar-refractivity contribution in [3.05, 3.63) is 64.9 Å². The van der Waals surface area contributed by atoms with Crippen LogP contribution in [-0.2, 0) is 0 Å². The van der Waals surface area contributed by atoms with Crippen molar-refractivity contribution in [2.45, 2.75) is 19.8 Å². The van der Waals surface area contributed by atoms with Crippen LogP contribution in [0.3, 0.4) is 0 Å². The van der Waals surface area contributed by atoms with Crippen molar-refractivity contribution in [1.82, 2.24) is 9.97 Å². The van der Waals surface area contributed by atoms with Crippen molar-refractivity contribution in [2.75, 3.05) is 18.0 Å². The van der Waals surface area contributed by atoms with Crippen molar-refractivity contribution in [3.8, 4) is 0 Å². The monoisotopic (exact) mass is 365 g/mol. The minimum absolute atomic E-state index is 0.0577. The summed E-state index contributed by atoms with van der Waals surface area (Å²) in [6.07, 6.45) is 3.29. The largest absolute Gasteiger partial charge is 0.356 e. The maximum absolute atomic E-state index is 12.7. The Morgan fingerprint density at radius 2 is 1.81 bits per heavy atom. The number of carbonyl (C=O) groups excluding carboxylic acids is 1. The van der Waals surface area contributed by atoms with Gasteiger partial charge in [0.05, 0.1) is 5.52 Å². The summed E-state index contributed by atoms with van der Waals surface area (Å²) in [6, 6.07) is 13.4. The molecule has 0 N–H and O–H groups in total. The Labute approximate surface area is 157 Å². The Bertz CT molecular complexity index is 947. The molecule has 0 bridgehead atoms. The number of piperidine rings is 1. The Morgan fingerprint density at radius 3 is 2.54 bits per heavy atom. The molecule has 2 aromatic carbocycles. The van der Waals surface area contributed by atoms with Gasteiger partial charge in [-0.1, -0.05) is 23.2 Å². The maximum Gasteiger partial charge on any atom is 0.166 e. The molecule has 4 nitrogen and oxygen atoms in total. The van der Waals surface area contributed by atoms with E-state index in [0.29, 0.717) is 5.02 Å². The SMILES string of the molecule is Cc1ccc2ncnc(N3CCC(C(=O)c4ccc(Cl)cc4)CC3)c2c1. The van der Waals surface area contributed by atoms with Crippen molar-refractivity contribution in [2.24, 2.45) is 5.92 Å². The first-order chi connectivity index (χ1) is 12.6. The predicted molar refractivity (Wildman–Crippen MR) is 105 cm³/mol. The fraction of sp³-hybridized carbons (Fsp3) is 0.286. The van der Waals surface area contributed by atoms with Crippen molar-refractivity contribution >= 4 is 34.1 Å². The van der Waals surface area contributed by atoms with Crippen molar-refractivity contribution < 1.29 is 4.79 Å². The number of nitrogens with zero attached hydrogens (tertiary/aromatic N) is 3. The number of Topliss-reactive ketones (excluding diaryl/α,β-unsaturated/α-hetero) is 1. The van der Waals surface area contributed by atoms with Crippen molar-refractivity contribution in [1.29, 1.82) is 0 Å². The lowest BCUT2D eigenvalue weighted by atomic mass is 9.89. The van der Waals surface area contributed by atoms with Gasteiger partial charge in [-0.2, -0.15) is 0 Å². The van der Waals surface area contributed by atoms with Crippen LogP contribution < -0.4 is 4.90 Å². The summed E-state index contributed by atoms with van der Waals surface area (Å²) >= 11 is 5.92. The number of rotatable bonds is 3. The number of hydrogen-bond acceptors (Lipinski definition) is 4. The third kappa shape index (κ3) is 3.29. The molecule has 4 rings (SSSR count). The van der Waals surface area contributed by atoms with Gasteiger partial charge in [0.15, 0.2) is 5.78 Å². The highest BCUT2D eigenvalue weighted by atomic mass is 35.5. The second kappa shape index (κ2) is 7.04. The second-order valence-electron chi connectivity index (χ2n) is 6.85. The van der Waals surface area contributed by atoms with E-state index >= 15 is 0 Å². The van der Waals surface area contributed by atoms with Gasteiger partial charge >= 0.3 is 0 Å². The summed E-state index contributed by atoms with van der Waals surface area (Å²) < 4.78 is 0. The minimum Gasteiger partial charge on any atom is -0.356 e. The van der Waals surface area contributed by atoms with Crippen LogP contribution in [0.5, 0.6) is 0 Å². The second-order valence-corrected chi connectivity index (χ2v) is 7.29. The fourth-order valence-corrected chi connectivity index (χ4v) is 3.74. The molecule has 3 aromatic rings. The maximum atomic E-state index is 12.7. The molecule has 5 heteroatoms. The molecular formula is C21H20ClN3O. The molecule has 0 spiro atoms. The molecule has 26 heavy (non-hydrogen) atoms. The molecule has 0 saturated carbocycles. The van der Waals surface area contributed by atoms with Crippen LogP contribution in [0.15, 0.2) is 48.8 Å². The predicted octanol–water partition coefficient (Wildman–Crippen LogP) is 4.69. The van der Waals surface area contributed by atoms with E-state index in [4.69, 9.17) is 11.6 Å². The molecule has 0 radical (unpaired) electrons. The summed E-state index contributed by atoms with van der Waals surface area (Å²) in [4.78, 5) is 23.9. The van der Waals surface area contributed by atoms with E-state index in [0.717, 1.165) is 48.2 Å². The van der Waals surface area contributed by atoms with E-state index in [2.05, 4.69) is 33.9 Å². The van der Waals surface area contributed by atoms with Gasteiger partial charge in [-0.05, 0) is 56.2 Å². The highest BCUT2D eigenvalue weighted by Gasteiger charge is 2.27. The zero-order valence-electron chi connectivity index (χ0n) is 14.7. The average molecular weight is 366 g/mol. The quantitative estimate of drug-likeness (QED) is 0.631. The molecule has 0 atom stereocenters. The summed E-state index contributed by atoms with van der Waals surface area (Å²) in [6.45, 7) is 3.72. The smallest absolute Gasteiger partial charge is 0.166 e. The van der Waals surface area contributed by atoms with Crippen LogP contribution in [-0.4, -0.2) is 28.8 Å². The lowest BCUT2D eigenvalue weighted by molar-refractivity contribution is 0.0900. The van der Waals surface area contributed by atoms with Crippen LogP contribution in [0.1, 0.15) is 28.8 Å². The number of fused-ring (bicyclic) bond motifs is 1. The van der Waals surface area contributed by atoms with Crippen LogP contribution >= 0.6 is 11.6 Å². The molecule has 1 aliphatic rings. The van der Waals surface area contributed by atoms with Gasteiger partial charge in [0.2, 0.25) is 0 Å². The molecule has 0 amide bonds. The highest BCUT2D eigenvalue weighted by Crippen LogP contribution is 2.29. The molecule has 1 aliphatic heterocycles. The van der Waals surface area contributed by atoms with E-state index in [1.54, 1.807) is 18.5 Å². The lowest BCUT2D eigenvalue weighted by Crippen LogP contribution is -2.37. The Morgan fingerprint density at radius 1 is 1.08 bits per heavy atom.